The van der Waals surface area contributed by atoms with Gasteiger partial charge < -0.3 is 14.1 Å². The molecule has 2 aromatic carbocycles. The van der Waals surface area contributed by atoms with Crippen molar-refractivity contribution in [2.75, 3.05) is 33.2 Å². The fraction of sp³-hybridized carbons (Fsp3) is 0.370. The maximum absolute atomic E-state index is 13.2. The average Bonchev–Trinajstić information content (AvgIpc) is 3.33. The highest BCUT2D eigenvalue weighted by atomic mass is 19.1. The molecule has 0 atom stereocenters. The Morgan fingerprint density at radius 2 is 1.59 bits per heavy atom. The largest absolute Gasteiger partial charge is 0.457 e. The van der Waals surface area contributed by atoms with Gasteiger partial charge in [-0.15, -0.1) is 0 Å². The molecule has 0 N–H and O–H groups in total. The van der Waals surface area contributed by atoms with Gasteiger partial charge in [-0.3, -0.25) is 4.79 Å². The molecular formula is C27H30FN4O2+. The molecule has 7 heteroatoms. The van der Waals surface area contributed by atoms with Crippen LogP contribution in [0.5, 0.6) is 11.5 Å². The summed E-state index contributed by atoms with van der Waals surface area (Å²) in [5.74, 6) is 1.36. The number of carbonyl (C=O) groups excluding carboxylic acids is 1. The van der Waals surface area contributed by atoms with E-state index in [1.807, 2.05) is 29.2 Å². The fourth-order valence-electron chi connectivity index (χ4n) is 5.20. The Bertz CT molecular complexity index is 1140. The Balaban J connectivity index is 1.23. The monoisotopic (exact) mass is 461 g/mol. The van der Waals surface area contributed by atoms with E-state index in [0.717, 1.165) is 31.5 Å². The molecule has 2 aliphatic rings. The van der Waals surface area contributed by atoms with E-state index in [2.05, 4.69) is 17.0 Å². The van der Waals surface area contributed by atoms with Crippen molar-refractivity contribution in [2.45, 2.75) is 31.7 Å². The molecule has 0 aliphatic carbocycles. The van der Waals surface area contributed by atoms with Gasteiger partial charge in [0.2, 0.25) is 0 Å². The number of nitrogens with zero attached hydrogens (tertiary/aromatic N) is 4. The molecule has 1 aromatic heterocycles. The van der Waals surface area contributed by atoms with Crippen molar-refractivity contribution in [1.82, 2.24) is 14.9 Å². The molecule has 0 bridgehead atoms. The van der Waals surface area contributed by atoms with Gasteiger partial charge >= 0.3 is 0 Å². The first-order chi connectivity index (χ1) is 16.5. The number of carbonyl (C=O) groups is 1. The second-order valence-corrected chi connectivity index (χ2v) is 9.50. The number of ether oxygens (including phenoxy) is 1. The standard InChI is InChI=1S/C27H30FN4O2/c1-32(18-2-3-19-32)22-13-16-31(17-14-22)27(33)25-12-15-29-26(30-25)20-4-8-23(9-5-20)34-24-10-6-21(28)7-11-24/h4-12,15,22H,2-3,13-14,16-19H2,1H3/q+1. The van der Waals surface area contributed by atoms with Crippen molar-refractivity contribution < 1.29 is 18.4 Å². The van der Waals surface area contributed by atoms with E-state index in [9.17, 15) is 9.18 Å². The quantitative estimate of drug-likeness (QED) is 0.506. The second kappa shape index (κ2) is 9.50. The van der Waals surface area contributed by atoms with Crippen molar-refractivity contribution in [1.29, 1.82) is 0 Å². The summed E-state index contributed by atoms with van der Waals surface area (Å²) >= 11 is 0. The Morgan fingerprint density at radius 1 is 0.971 bits per heavy atom. The summed E-state index contributed by atoms with van der Waals surface area (Å²) in [4.78, 5) is 24.0. The summed E-state index contributed by atoms with van der Waals surface area (Å²) in [5.41, 5.74) is 1.22. The van der Waals surface area contributed by atoms with Gasteiger partial charge in [-0.2, -0.15) is 0 Å². The van der Waals surface area contributed by atoms with Crippen molar-refractivity contribution in [3.8, 4) is 22.9 Å². The Hall–Kier alpha value is -3.32. The SMILES string of the molecule is C[N+]1(C2CCN(C(=O)c3ccnc(-c4ccc(Oc5ccc(F)cc5)cc4)n3)CC2)CCCC1. The molecule has 3 heterocycles. The molecule has 2 saturated heterocycles. The second-order valence-electron chi connectivity index (χ2n) is 9.50. The minimum Gasteiger partial charge on any atom is -0.457 e. The van der Waals surface area contributed by atoms with E-state index in [4.69, 9.17) is 4.74 Å². The predicted molar refractivity (Wildman–Crippen MR) is 128 cm³/mol. The lowest BCUT2D eigenvalue weighted by molar-refractivity contribution is -0.923. The minimum absolute atomic E-state index is 0.0255. The number of aromatic nitrogens is 2. The predicted octanol–water partition coefficient (Wildman–Crippen LogP) is 4.92. The fourth-order valence-corrected chi connectivity index (χ4v) is 5.20. The molecule has 3 aromatic rings. The van der Waals surface area contributed by atoms with Crippen molar-refractivity contribution in [3.63, 3.8) is 0 Å². The molecule has 2 aliphatic heterocycles. The van der Waals surface area contributed by atoms with Crippen molar-refractivity contribution >= 4 is 5.91 Å². The smallest absolute Gasteiger partial charge is 0.272 e. The van der Waals surface area contributed by atoms with Crippen LogP contribution in [0.25, 0.3) is 11.4 Å². The molecule has 1 amide bonds. The van der Waals surface area contributed by atoms with E-state index in [1.54, 1.807) is 24.4 Å². The highest BCUT2D eigenvalue weighted by Crippen LogP contribution is 2.29. The third-order valence-electron chi connectivity index (χ3n) is 7.26. The number of piperidine rings is 1. The molecule has 176 valence electrons. The van der Waals surface area contributed by atoms with Crippen LogP contribution in [-0.2, 0) is 0 Å². The van der Waals surface area contributed by atoms with Gasteiger partial charge in [-0.1, -0.05) is 0 Å². The molecular weight excluding hydrogens is 431 g/mol. The number of amides is 1. The van der Waals surface area contributed by atoms with Crippen LogP contribution in [0.4, 0.5) is 4.39 Å². The van der Waals surface area contributed by atoms with Crippen LogP contribution >= 0.6 is 0 Å². The van der Waals surface area contributed by atoms with Gasteiger partial charge in [0.15, 0.2) is 5.82 Å². The highest BCUT2D eigenvalue weighted by molar-refractivity contribution is 5.92. The van der Waals surface area contributed by atoms with Gasteiger partial charge in [0, 0.05) is 50.5 Å². The van der Waals surface area contributed by atoms with Crippen LogP contribution in [0.2, 0.25) is 0 Å². The van der Waals surface area contributed by atoms with Gasteiger partial charge in [-0.25, -0.2) is 14.4 Å². The lowest BCUT2D eigenvalue weighted by atomic mass is 10.0. The molecule has 5 rings (SSSR count). The van der Waals surface area contributed by atoms with Crippen molar-refractivity contribution in [3.05, 3.63) is 72.3 Å². The Morgan fingerprint density at radius 3 is 2.24 bits per heavy atom. The summed E-state index contributed by atoms with van der Waals surface area (Å²) in [6.45, 7) is 4.10. The van der Waals surface area contributed by atoms with Crippen molar-refractivity contribution in [2.24, 2.45) is 0 Å². The van der Waals surface area contributed by atoms with Crippen LogP contribution in [-0.4, -0.2) is 64.5 Å². The van der Waals surface area contributed by atoms with Crippen LogP contribution in [0.1, 0.15) is 36.2 Å². The van der Waals surface area contributed by atoms with Gasteiger partial charge in [0.25, 0.3) is 5.91 Å². The zero-order valence-electron chi connectivity index (χ0n) is 19.5. The summed E-state index contributed by atoms with van der Waals surface area (Å²) < 4.78 is 20.0. The number of hydrogen-bond acceptors (Lipinski definition) is 4. The first-order valence-electron chi connectivity index (χ1n) is 12.0. The summed E-state index contributed by atoms with van der Waals surface area (Å²) in [5, 5.41) is 0. The molecule has 0 saturated carbocycles. The normalized spacial score (nSPS) is 18.1. The molecule has 6 nitrogen and oxygen atoms in total. The molecule has 34 heavy (non-hydrogen) atoms. The third-order valence-corrected chi connectivity index (χ3v) is 7.26. The van der Waals surface area contributed by atoms with Crippen LogP contribution < -0.4 is 4.74 Å². The maximum Gasteiger partial charge on any atom is 0.272 e. The third kappa shape index (κ3) is 4.80. The first-order valence-corrected chi connectivity index (χ1v) is 12.0. The minimum atomic E-state index is -0.305. The van der Waals surface area contributed by atoms with Gasteiger partial charge in [0.1, 0.15) is 23.0 Å². The lowest BCUT2D eigenvalue weighted by Gasteiger charge is -2.42. The number of hydrogen-bond donors (Lipinski definition) is 0. The topological polar surface area (TPSA) is 55.3 Å². The summed E-state index contributed by atoms with van der Waals surface area (Å²) in [6, 6.07) is 15.6. The van der Waals surface area contributed by atoms with E-state index < -0.39 is 0 Å². The van der Waals surface area contributed by atoms with E-state index in [0.29, 0.717) is 29.1 Å². The number of likely N-dealkylation sites (tertiary alicyclic amines) is 2. The van der Waals surface area contributed by atoms with E-state index >= 15 is 0 Å². The number of halogens is 1. The zero-order valence-corrected chi connectivity index (χ0v) is 19.5. The van der Waals surface area contributed by atoms with Crippen LogP contribution in [0.15, 0.2) is 60.8 Å². The number of rotatable bonds is 5. The first kappa shape index (κ1) is 22.5. The molecule has 2 fully saturated rings. The molecule has 0 unspecified atom stereocenters. The lowest BCUT2D eigenvalue weighted by Crippen LogP contribution is -2.55. The summed E-state index contributed by atoms with van der Waals surface area (Å²) in [6.07, 6.45) is 6.38. The Labute approximate surface area is 199 Å². The van der Waals surface area contributed by atoms with Crippen LogP contribution in [0, 0.1) is 5.82 Å². The van der Waals surface area contributed by atoms with E-state index in [-0.39, 0.29) is 11.7 Å². The zero-order chi connectivity index (χ0) is 23.5. The average molecular weight is 462 g/mol. The highest BCUT2D eigenvalue weighted by Gasteiger charge is 2.38. The summed E-state index contributed by atoms with van der Waals surface area (Å²) in [7, 11) is 2.38. The maximum atomic E-state index is 13.2. The molecule has 0 radical (unpaired) electrons. The van der Waals surface area contributed by atoms with Crippen LogP contribution in [0.3, 0.4) is 0 Å². The molecule has 0 spiro atoms. The van der Waals surface area contributed by atoms with Gasteiger partial charge in [0.05, 0.1) is 26.2 Å². The van der Waals surface area contributed by atoms with E-state index in [1.165, 1.54) is 42.5 Å². The Kier molecular flexibility index (Phi) is 6.28. The number of benzene rings is 2. The van der Waals surface area contributed by atoms with Gasteiger partial charge in [-0.05, 0) is 54.6 Å². The number of quaternary nitrogens is 1.